The highest BCUT2D eigenvalue weighted by molar-refractivity contribution is 5.74. The molecule has 1 aromatic carbocycles. The minimum atomic E-state index is -0.204. The van der Waals surface area contributed by atoms with Crippen molar-refractivity contribution in [2.45, 2.75) is 39.8 Å². The second kappa shape index (κ2) is 5.19. The van der Waals surface area contributed by atoms with E-state index in [1.54, 1.807) is 13.0 Å². The van der Waals surface area contributed by atoms with Crippen molar-refractivity contribution in [1.29, 1.82) is 0 Å². The number of benzene rings is 1. The fourth-order valence-corrected chi connectivity index (χ4v) is 3.05. The molecule has 0 saturated carbocycles. The van der Waals surface area contributed by atoms with Crippen molar-refractivity contribution < 1.29 is 9.18 Å². The molecule has 4 heteroatoms. The summed E-state index contributed by atoms with van der Waals surface area (Å²) in [5, 5.41) is 0. The molecule has 1 amide bonds. The summed E-state index contributed by atoms with van der Waals surface area (Å²) in [5.41, 5.74) is 1.82. The Morgan fingerprint density at radius 3 is 2.26 bits per heavy atom. The second-order valence-electron chi connectivity index (χ2n) is 5.52. The molecule has 19 heavy (non-hydrogen) atoms. The van der Waals surface area contributed by atoms with Gasteiger partial charge in [-0.2, -0.15) is 0 Å². The summed E-state index contributed by atoms with van der Waals surface area (Å²) in [6.45, 7) is 9.06. The first-order valence-electron chi connectivity index (χ1n) is 6.69. The van der Waals surface area contributed by atoms with Gasteiger partial charge < -0.3 is 9.80 Å². The molecule has 1 saturated heterocycles. The maximum atomic E-state index is 13.5. The SMILES string of the molecule is CC(=O)N1[C@H](C)CN(c2cc(C)cc(F)c2)C[C@@H]1C. The maximum absolute atomic E-state index is 13.5. The van der Waals surface area contributed by atoms with Crippen molar-refractivity contribution in [3.05, 3.63) is 29.6 Å². The van der Waals surface area contributed by atoms with Crippen molar-refractivity contribution in [1.82, 2.24) is 4.90 Å². The van der Waals surface area contributed by atoms with Crippen LogP contribution >= 0.6 is 0 Å². The predicted molar refractivity (Wildman–Crippen MR) is 74.8 cm³/mol. The van der Waals surface area contributed by atoms with Crippen LogP contribution in [0.2, 0.25) is 0 Å². The zero-order valence-electron chi connectivity index (χ0n) is 12.0. The molecule has 1 aliphatic rings. The molecule has 0 aliphatic carbocycles. The van der Waals surface area contributed by atoms with E-state index in [1.165, 1.54) is 6.07 Å². The van der Waals surface area contributed by atoms with Gasteiger partial charge in [0.05, 0.1) is 0 Å². The first kappa shape index (κ1) is 13.8. The minimum Gasteiger partial charge on any atom is -0.367 e. The third kappa shape index (κ3) is 2.88. The number of carbonyl (C=O) groups is 1. The van der Waals surface area contributed by atoms with Crippen LogP contribution in [0.3, 0.4) is 0 Å². The lowest BCUT2D eigenvalue weighted by molar-refractivity contribution is -0.133. The zero-order chi connectivity index (χ0) is 14.2. The first-order chi connectivity index (χ1) is 8.88. The number of amides is 1. The van der Waals surface area contributed by atoms with Gasteiger partial charge in [0.25, 0.3) is 0 Å². The molecule has 104 valence electrons. The summed E-state index contributed by atoms with van der Waals surface area (Å²) in [6.07, 6.45) is 0. The van der Waals surface area contributed by atoms with Gasteiger partial charge in [0.15, 0.2) is 0 Å². The number of rotatable bonds is 1. The summed E-state index contributed by atoms with van der Waals surface area (Å²) < 4.78 is 13.5. The minimum absolute atomic E-state index is 0.107. The average Bonchev–Trinajstić information content (AvgIpc) is 2.25. The topological polar surface area (TPSA) is 23.6 Å². The molecule has 0 N–H and O–H groups in total. The van der Waals surface area contributed by atoms with Crippen molar-refractivity contribution >= 4 is 11.6 Å². The third-order valence-corrected chi connectivity index (χ3v) is 3.67. The first-order valence-corrected chi connectivity index (χ1v) is 6.69. The van der Waals surface area contributed by atoms with Crippen molar-refractivity contribution in [3.8, 4) is 0 Å². The number of halogens is 1. The highest BCUT2D eigenvalue weighted by atomic mass is 19.1. The molecule has 2 atom stereocenters. The molecule has 3 nitrogen and oxygen atoms in total. The summed E-state index contributed by atoms with van der Waals surface area (Å²) >= 11 is 0. The Hall–Kier alpha value is -1.58. The van der Waals surface area contributed by atoms with Crippen LogP contribution < -0.4 is 4.90 Å². The maximum Gasteiger partial charge on any atom is 0.220 e. The van der Waals surface area contributed by atoms with Gasteiger partial charge in [-0.25, -0.2) is 4.39 Å². The molecule has 1 fully saturated rings. The zero-order valence-corrected chi connectivity index (χ0v) is 12.0. The lowest BCUT2D eigenvalue weighted by atomic mass is 10.1. The van der Waals surface area contributed by atoms with Gasteiger partial charge in [0.2, 0.25) is 5.91 Å². The van der Waals surface area contributed by atoms with Gasteiger partial charge in [-0.15, -0.1) is 0 Å². The quantitative estimate of drug-likeness (QED) is 0.778. The van der Waals surface area contributed by atoms with Crippen molar-refractivity contribution in [2.75, 3.05) is 18.0 Å². The van der Waals surface area contributed by atoms with Gasteiger partial charge >= 0.3 is 0 Å². The number of piperazine rings is 1. The van der Waals surface area contributed by atoms with Crippen LogP contribution in [0, 0.1) is 12.7 Å². The molecule has 0 unspecified atom stereocenters. The van der Waals surface area contributed by atoms with Crippen LogP contribution in [0.25, 0.3) is 0 Å². The molecular formula is C15H21FN2O. The van der Waals surface area contributed by atoms with Crippen LogP contribution in [0.15, 0.2) is 18.2 Å². The second-order valence-corrected chi connectivity index (χ2v) is 5.52. The van der Waals surface area contributed by atoms with Gasteiger partial charge in [0.1, 0.15) is 5.82 Å². The number of hydrogen-bond donors (Lipinski definition) is 0. The number of carbonyl (C=O) groups excluding carboxylic acids is 1. The van der Waals surface area contributed by atoms with Crippen LogP contribution in [-0.4, -0.2) is 36.0 Å². The normalized spacial score (nSPS) is 23.6. The van der Waals surface area contributed by atoms with Crippen LogP contribution in [0.1, 0.15) is 26.3 Å². The fraction of sp³-hybridized carbons (Fsp3) is 0.533. The summed E-state index contributed by atoms with van der Waals surface area (Å²) in [4.78, 5) is 15.7. The smallest absolute Gasteiger partial charge is 0.220 e. The largest absolute Gasteiger partial charge is 0.367 e. The summed E-state index contributed by atoms with van der Waals surface area (Å²) in [6, 6.07) is 5.37. The van der Waals surface area contributed by atoms with Crippen molar-refractivity contribution in [2.24, 2.45) is 0 Å². The monoisotopic (exact) mass is 264 g/mol. The van der Waals surface area contributed by atoms with E-state index in [0.717, 1.165) is 24.3 Å². The number of hydrogen-bond acceptors (Lipinski definition) is 2. The Labute approximate surface area is 114 Å². The van der Waals surface area contributed by atoms with E-state index in [9.17, 15) is 9.18 Å². The Bertz CT molecular complexity index is 457. The number of aryl methyl sites for hydroxylation is 1. The molecule has 0 radical (unpaired) electrons. The third-order valence-electron chi connectivity index (χ3n) is 3.67. The molecule has 1 heterocycles. The molecule has 2 rings (SSSR count). The number of nitrogens with zero attached hydrogens (tertiary/aromatic N) is 2. The van der Waals surface area contributed by atoms with Gasteiger partial charge in [-0.1, -0.05) is 0 Å². The molecule has 0 aromatic heterocycles. The molecule has 0 bridgehead atoms. The van der Waals surface area contributed by atoms with E-state index in [0.29, 0.717) is 0 Å². The van der Waals surface area contributed by atoms with Gasteiger partial charge in [-0.05, 0) is 44.5 Å². The van der Waals surface area contributed by atoms with E-state index >= 15 is 0 Å². The fourth-order valence-electron chi connectivity index (χ4n) is 3.05. The van der Waals surface area contributed by atoms with E-state index in [2.05, 4.69) is 4.90 Å². The highest BCUT2D eigenvalue weighted by Gasteiger charge is 2.31. The van der Waals surface area contributed by atoms with E-state index in [1.807, 2.05) is 31.7 Å². The Morgan fingerprint density at radius 1 is 1.21 bits per heavy atom. The Balaban J connectivity index is 2.22. The van der Waals surface area contributed by atoms with E-state index < -0.39 is 0 Å². The van der Waals surface area contributed by atoms with Crippen LogP contribution in [0.4, 0.5) is 10.1 Å². The standard InChI is InChI=1S/C15H21FN2O/c1-10-5-14(16)7-15(6-10)17-8-11(2)18(13(4)19)12(3)9-17/h5-7,11-12H,8-9H2,1-4H3/t11-,12+. The van der Waals surface area contributed by atoms with Crippen LogP contribution in [0.5, 0.6) is 0 Å². The Kier molecular flexibility index (Phi) is 3.78. The number of anilines is 1. The van der Waals surface area contributed by atoms with Crippen LogP contribution in [-0.2, 0) is 4.79 Å². The summed E-state index contributed by atoms with van der Waals surface area (Å²) in [5.74, 6) is -0.0978. The lowest BCUT2D eigenvalue weighted by Crippen LogP contribution is -2.58. The molecule has 0 spiro atoms. The van der Waals surface area contributed by atoms with E-state index in [4.69, 9.17) is 0 Å². The van der Waals surface area contributed by atoms with E-state index in [-0.39, 0.29) is 23.8 Å². The lowest BCUT2D eigenvalue weighted by Gasteiger charge is -2.45. The molecular weight excluding hydrogens is 243 g/mol. The summed E-state index contributed by atoms with van der Waals surface area (Å²) in [7, 11) is 0. The molecule has 1 aromatic rings. The van der Waals surface area contributed by atoms with Gasteiger partial charge in [0, 0.05) is 37.8 Å². The average molecular weight is 264 g/mol. The Morgan fingerprint density at radius 2 is 1.79 bits per heavy atom. The highest BCUT2D eigenvalue weighted by Crippen LogP contribution is 2.24. The van der Waals surface area contributed by atoms with Gasteiger partial charge in [-0.3, -0.25) is 4.79 Å². The predicted octanol–water partition coefficient (Wildman–Crippen LogP) is 2.58. The molecule has 1 aliphatic heterocycles. The van der Waals surface area contributed by atoms with Crippen molar-refractivity contribution in [3.63, 3.8) is 0 Å².